The van der Waals surface area contributed by atoms with E-state index in [-0.39, 0.29) is 25.1 Å². The fourth-order valence-corrected chi connectivity index (χ4v) is 2.92. The van der Waals surface area contributed by atoms with Crippen molar-refractivity contribution in [3.05, 3.63) is 35.4 Å². The van der Waals surface area contributed by atoms with Gasteiger partial charge in [0, 0.05) is 0 Å². The van der Waals surface area contributed by atoms with Gasteiger partial charge >= 0.3 is 5.97 Å². The molecule has 1 unspecified atom stereocenters. The van der Waals surface area contributed by atoms with Gasteiger partial charge in [-0.05, 0) is 30.4 Å². The minimum atomic E-state index is -0.300. The largest absolute Gasteiger partial charge is 0.463 e. The summed E-state index contributed by atoms with van der Waals surface area (Å²) in [5.41, 5.74) is 2.24. The molecule has 0 aromatic heterocycles. The molecule has 0 radical (unpaired) electrons. The second-order valence-electron chi connectivity index (χ2n) is 8.01. The maximum Gasteiger partial charge on any atom is 0.313 e. The Balaban J connectivity index is 1.92. The fraction of sp³-hybridized carbons (Fsp3) is 0.720. The smallest absolute Gasteiger partial charge is 0.313 e. The molecule has 0 fully saturated rings. The van der Waals surface area contributed by atoms with Crippen LogP contribution in [0.1, 0.15) is 37.8 Å². The third kappa shape index (κ3) is 15.8. The lowest BCUT2D eigenvalue weighted by Crippen LogP contribution is -2.17. The van der Waals surface area contributed by atoms with Crippen LogP contribution in [0.5, 0.6) is 0 Å². The van der Waals surface area contributed by atoms with Crippen LogP contribution in [0.25, 0.3) is 0 Å². The summed E-state index contributed by atoms with van der Waals surface area (Å²) in [7, 11) is 0. The molecule has 0 aliphatic rings. The van der Waals surface area contributed by atoms with E-state index in [1.165, 1.54) is 5.56 Å². The summed E-state index contributed by atoms with van der Waals surface area (Å²) >= 11 is 0. The van der Waals surface area contributed by atoms with E-state index in [9.17, 15) is 4.79 Å². The van der Waals surface area contributed by atoms with Crippen molar-refractivity contribution >= 4 is 5.97 Å². The minimum absolute atomic E-state index is 0.0229. The van der Waals surface area contributed by atoms with Crippen molar-refractivity contribution in [2.75, 3.05) is 79.3 Å². The maximum atomic E-state index is 12.2. The second-order valence-corrected chi connectivity index (χ2v) is 8.01. The molecular formula is C25H42O8. The average molecular weight is 471 g/mol. The lowest BCUT2D eigenvalue weighted by Gasteiger charge is -2.13. The summed E-state index contributed by atoms with van der Waals surface area (Å²) in [5.74, 6) is 0.0637. The number of carbonyl (C=O) groups excluding carboxylic acids is 1. The molecule has 1 aromatic carbocycles. The number of aliphatic hydroxyl groups excluding tert-OH is 1. The standard InChI is InChI=1S/C25H42O8/c1-21(2)20-23-4-6-24(7-5-23)22(3)25(27)33-19-18-32-17-16-31-15-14-30-13-12-29-11-10-28-9-8-26/h4-7,21-22,26H,8-20H2,1-3H3. The Morgan fingerprint density at radius 2 is 1.12 bits per heavy atom. The summed E-state index contributed by atoms with van der Waals surface area (Å²) in [4.78, 5) is 12.2. The molecular weight excluding hydrogens is 428 g/mol. The van der Waals surface area contributed by atoms with Gasteiger partial charge < -0.3 is 33.5 Å². The van der Waals surface area contributed by atoms with Crippen molar-refractivity contribution in [2.45, 2.75) is 33.1 Å². The van der Waals surface area contributed by atoms with Gasteiger partial charge in [0.1, 0.15) is 6.61 Å². The van der Waals surface area contributed by atoms with Crippen molar-refractivity contribution in [1.82, 2.24) is 0 Å². The van der Waals surface area contributed by atoms with Crippen LogP contribution in [-0.2, 0) is 39.6 Å². The average Bonchev–Trinajstić information content (AvgIpc) is 2.80. The first-order valence-corrected chi connectivity index (χ1v) is 11.8. The van der Waals surface area contributed by atoms with Crippen LogP contribution in [0, 0.1) is 5.92 Å². The normalized spacial score (nSPS) is 12.3. The van der Waals surface area contributed by atoms with Gasteiger partial charge in [-0.15, -0.1) is 0 Å². The first kappa shape index (κ1) is 29.5. The molecule has 0 spiro atoms. The number of aliphatic hydroxyl groups is 1. The summed E-state index contributed by atoms with van der Waals surface area (Å²) in [6.07, 6.45) is 1.03. The Morgan fingerprint density at radius 3 is 1.55 bits per heavy atom. The summed E-state index contributed by atoms with van der Waals surface area (Å²) in [6, 6.07) is 8.17. The Bertz CT molecular complexity index is 591. The van der Waals surface area contributed by atoms with E-state index in [0.29, 0.717) is 72.0 Å². The number of carbonyl (C=O) groups is 1. The molecule has 190 valence electrons. The molecule has 0 aliphatic heterocycles. The van der Waals surface area contributed by atoms with Crippen LogP contribution in [0.4, 0.5) is 0 Å². The summed E-state index contributed by atoms with van der Waals surface area (Å²) < 4.78 is 31.9. The van der Waals surface area contributed by atoms with E-state index in [2.05, 4.69) is 26.0 Å². The van der Waals surface area contributed by atoms with E-state index in [1.54, 1.807) is 0 Å². The minimum Gasteiger partial charge on any atom is -0.463 e. The maximum absolute atomic E-state index is 12.2. The molecule has 0 saturated carbocycles. The van der Waals surface area contributed by atoms with Gasteiger partial charge in [0.15, 0.2) is 0 Å². The van der Waals surface area contributed by atoms with E-state index >= 15 is 0 Å². The second kappa shape index (κ2) is 19.9. The topological polar surface area (TPSA) is 92.7 Å². The predicted molar refractivity (Wildman–Crippen MR) is 126 cm³/mol. The highest BCUT2D eigenvalue weighted by Crippen LogP contribution is 2.18. The van der Waals surface area contributed by atoms with Crippen molar-refractivity contribution in [3.63, 3.8) is 0 Å². The number of benzene rings is 1. The third-order valence-corrected chi connectivity index (χ3v) is 4.67. The fourth-order valence-electron chi connectivity index (χ4n) is 2.92. The summed E-state index contributed by atoms with van der Waals surface area (Å²) in [5, 5.41) is 8.56. The molecule has 1 atom stereocenters. The van der Waals surface area contributed by atoms with Crippen molar-refractivity contribution in [1.29, 1.82) is 0 Å². The van der Waals surface area contributed by atoms with Gasteiger partial charge in [-0.3, -0.25) is 4.79 Å². The van der Waals surface area contributed by atoms with Gasteiger partial charge in [-0.2, -0.15) is 0 Å². The molecule has 0 amide bonds. The molecule has 0 aliphatic carbocycles. The van der Waals surface area contributed by atoms with Crippen LogP contribution >= 0.6 is 0 Å². The summed E-state index contributed by atoms with van der Waals surface area (Å²) in [6.45, 7) is 10.9. The molecule has 1 rings (SSSR count). The highest BCUT2D eigenvalue weighted by Gasteiger charge is 2.16. The number of hydrogen-bond donors (Lipinski definition) is 1. The van der Waals surface area contributed by atoms with E-state index in [0.717, 1.165) is 12.0 Å². The lowest BCUT2D eigenvalue weighted by molar-refractivity contribution is -0.146. The molecule has 1 aromatic rings. The Kier molecular flexibility index (Phi) is 17.8. The van der Waals surface area contributed by atoms with Crippen LogP contribution in [0.15, 0.2) is 24.3 Å². The zero-order valence-corrected chi connectivity index (χ0v) is 20.5. The zero-order chi connectivity index (χ0) is 24.2. The molecule has 8 nitrogen and oxygen atoms in total. The first-order chi connectivity index (χ1) is 16.0. The van der Waals surface area contributed by atoms with E-state index < -0.39 is 0 Å². The molecule has 1 N–H and O–H groups in total. The van der Waals surface area contributed by atoms with Crippen molar-refractivity contribution in [2.24, 2.45) is 5.92 Å². The van der Waals surface area contributed by atoms with Gasteiger partial charge in [0.05, 0.1) is 78.6 Å². The lowest BCUT2D eigenvalue weighted by atomic mass is 9.97. The van der Waals surface area contributed by atoms with Crippen molar-refractivity contribution in [3.8, 4) is 0 Å². The predicted octanol–water partition coefficient (Wildman–Crippen LogP) is 2.61. The van der Waals surface area contributed by atoms with Crippen molar-refractivity contribution < 1.29 is 38.3 Å². The Hall–Kier alpha value is -1.55. The van der Waals surface area contributed by atoms with Crippen LogP contribution in [-0.4, -0.2) is 90.4 Å². The zero-order valence-electron chi connectivity index (χ0n) is 20.5. The number of hydrogen-bond acceptors (Lipinski definition) is 8. The highest BCUT2D eigenvalue weighted by atomic mass is 16.6. The van der Waals surface area contributed by atoms with Gasteiger partial charge in [0.25, 0.3) is 0 Å². The van der Waals surface area contributed by atoms with E-state index in [1.807, 2.05) is 19.1 Å². The quantitative estimate of drug-likeness (QED) is 0.217. The number of rotatable bonds is 21. The molecule has 33 heavy (non-hydrogen) atoms. The highest BCUT2D eigenvalue weighted by molar-refractivity contribution is 5.77. The van der Waals surface area contributed by atoms with Crippen LogP contribution in [0.2, 0.25) is 0 Å². The Labute approximate surface area is 198 Å². The number of esters is 1. The van der Waals surface area contributed by atoms with Gasteiger partial charge in [-0.25, -0.2) is 0 Å². The van der Waals surface area contributed by atoms with E-state index in [4.69, 9.17) is 33.5 Å². The monoisotopic (exact) mass is 470 g/mol. The molecule has 8 heteroatoms. The SMILES string of the molecule is CC(C)Cc1ccc(C(C)C(=O)OCCOCCOCCOCCOCCOCCO)cc1. The van der Waals surface area contributed by atoms with Gasteiger partial charge in [-0.1, -0.05) is 38.1 Å². The van der Waals surface area contributed by atoms with Crippen LogP contribution < -0.4 is 0 Å². The van der Waals surface area contributed by atoms with Crippen LogP contribution in [0.3, 0.4) is 0 Å². The Morgan fingerprint density at radius 1 is 0.697 bits per heavy atom. The molecule has 0 heterocycles. The van der Waals surface area contributed by atoms with Gasteiger partial charge in [0.2, 0.25) is 0 Å². The molecule has 0 saturated heterocycles. The molecule has 0 bridgehead atoms. The first-order valence-electron chi connectivity index (χ1n) is 11.8. The number of ether oxygens (including phenoxy) is 6. The third-order valence-electron chi connectivity index (χ3n) is 4.67.